The van der Waals surface area contributed by atoms with Gasteiger partial charge in [0.2, 0.25) is 0 Å². The third-order valence-electron chi connectivity index (χ3n) is 3.12. The van der Waals surface area contributed by atoms with Gasteiger partial charge >= 0.3 is 0 Å². The molecule has 0 fully saturated rings. The molecule has 1 atom stereocenters. The highest BCUT2D eigenvalue weighted by molar-refractivity contribution is 6.20. The van der Waals surface area contributed by atoms with Gasteiger partial charge in [-0.15, -0.1) is 11.6 Å². The third-order valence-corrected chi connectivity index (χ3v) is 3.51. The van der Waals surface area contributed by atoms with E-state index < -0.39 is 5.38 Å². The quantitative estimate of drug-likeness (QED) is 0.763. The number of hydrogen-bond donors (Lipinski definition) is 0. The first-order valence-corrected chi connectivity index (χ1v) is 6.68. The van der Waals surface area contributed by atoms with Gasteiger partial charge in [0.05, 0.1) is 19.6 Å². The van der Waals surface area contributed by atoms with Crippen LogP contribution in [-0.2, 0) is 6.42 Å². The summed E-state index contributed by atoms with van der Waals surface area (Å²) in [5.41, 5.74) is 1.50. The van der Waals surface area contributed by atoms with Gasteiger partial charge in [0.1, 0.15) is 17.3 Å². The Labute approximate surface area is 123 Å². The molecule has 0 bridgehead atoms. The number of methoxy groups -OCH3 is 2. The molecule has 2 rings (SSSR count). The molecular weight excluding hydrogens is 279 g/mol. The zero-order valence-electron chi connectivity index (χ0n) is 11.4. The zero-order chi connectivity index (χ0) is 14.5. The van der Waals surface area contributed by atoms with Crippen LogP contribution in [0.4, 0.5) is 4.39 Å². The van der Waals surface area contributed by atoms with Crippen LogP contribution in [0.3, 0.4) is 0 Å². The number of rotatable bonds is 5. The Hall–Kier alpha value is -1.74. The summed E-state index contributed by atoms with van der Waals surface area (Å²) in [5, 5.41) is -0.422. The number of hydrogen-bond acceptors (Lipinski definition) is 2. The van der Waals surface area contributed by atoms with Crippen LogP contribution in [0.2, 0.25) is 0 Å². The van der Waals surface area contributed by atoms with Gasteiger partial charge in [0, 0.05) is 11.6 Å². The zero-order valence-corrected chi connectivity index (χ0v) is 12.2. The van der Waals surface area contributed by atoms with E-state index in [1.807, 2.05) is 24.3 Å². The molecule has 106 valence electrons. The molecule has 0 N–H and O–H groups in total. The summed E-state index contributed by atoms with van der Waals surface area (Å²) in [6.07, 6.45) is 0.550. The molecule has 0 aliphatic rings. The van der Waals surface area contributed by atoms with E-state index >= 15 is 0 Å². The van der Waals surface area contributed by atoms with E-state index in [0.717, 1.165) is 11.3 Å². The van der Waals surface area contributed by atoms with Crippen LogP contribution >= 0.6 is 11.6 Å². The molecule has 0 aliphatic carbocycles. The minimum absolute atomic E-state index is 0.349. The SMILES string of the molecule is COc1ccc(CC(Cl)c2ccc(OC)cc2F)cc1. The highest BCUT2D eigenvalue weighted by Gasteiger charge is 2.14. The van der Waals surface area contributed by atoms with Gasteiger partial charge in [-0.3, -0.25) is 0 Å². The summed E-state index contributed by atoms with van der Waals surface area (Å²) in [6, 6.07) is 12.3. The summed E-state index contributed by atoms with van der Waals surface area (Å²) in [7, 11) is 3.12. The van der Waals surface area contributed by atoms with Crippen molar-refractivity contribution in [2.45, 2.75) is 11.8 Å². The Morgan fingerprint density at radius 1 is 1.00 bits per heavy atom. The first kappa shape index (κ1) is 14.7. The van der Waals surface area contributed by atoms with Gasteiger partial charge in [-0.05, 0) is 30.2 Å². The molecule has 0 aromatic heterocycles. The van der Waals surface area contributed by atoms with Crippen LogP contribution in [0, 0.1) is 5.82 Å². The van der Waals surface area contributed by atoms with Crippen LogP contribution in [0.5, 0.6) is 11.5 Å². The van der Waals surface area contributed by atoms with Crippen molar-refractivity contribution in [3.8, 4) is 11.5 Å². The summed E-state index contributed by atoms with van der Waals surface area (Å²) in [6.45, 7) is 0. The van der Waals surface area contributed by atoms with Crippen molar-refractivity contribution < 1.29 is 13.9 Å². The highest BCUT2D eigenvalue weighted by atomic mass is 35.5. The molecule has 20 heavy (non-hydrogen) atoms. The Kier molecular flexibility index (Phi) is 4.85. The van der Waals surface area contributed by atoms with Crippen molar-refractivity contribution in [1.29, 1.82) is 0 Å². The van der Waals surface area contributed by atoms with Crippen molar-refractivity contribution in [2.75, 3.05) is 14.2 Å². The minimum Gasteiger partial charge on any atom is -0.497 e. The predicted molar refractivity (Wildman–Crippen MR) is 78.2 cm³/mol. The Bertz CT molecular complexity index is 569. The maximum Gasteiger partial charge on any atom is 0.131 e. The molecular formula is C16H16ClFO2. The van der Waals surface area contributed by atoms with E-state index in [-0.39, 0.29) is 5.82 Å². The van der Waals surface area contributed by atoms with Crippen LogP contribution in [0.15, 0.2) is 42.5 Å². The van der Waals surface area contributed by atoms with Crippen molar-refractivity contribution in [3.63, 3.8) is 0 Å². The molecule has 0 spiro atoms. The summed E-state index contributed by atoms with van der Waals surface area (Å²) in [5.74, 6) is 0.924. The smallest absolute Gasteiger partial charge is 0.131 e. The first-order chi connectivity index (χ1) is 9.63. The molecule has 0 radical (unpaired) electrons. The molecule has 2 aromatic carbocycles. The van der Waals surface area contributed by atoms with E-state index in [0.29, 0.717) is 17.7 Å². The number of halogens is 2. The molecule has 1 unspecified atom stereocenters. The van der Waals surface area contributed by atoms with Gasteiger partial charge in [0.25, 0.3) is 0 Å². The molecule has 2 nitrogen and oxygen atoms in total. The van der Waals surface area contributed by atoms with Crippen LogP contribution in [0.25, 0.3) is 0 Å². The van der Waals surface area contributed by atoms with E-state index in [2.05, 4.69) is 0 Å². The van der Waals surface area contributed by atoms with E-state index in [4.69, 9.17) is 21.1 Å². The van der Waals surface area contributed by atoms with Gasteiger partial charge in [-0.2, -0.15) is 0 Å². The summed E-state index contributed by atoms with van der Waals surface area (Å²) in [4.78, 5) is 0. The fourth-order valence-corrected chi connectivity index (χ4v) is 2.32. The lowest BCUT2D eigenvalue weighted by Gasteiger charge is -2.12. The maximum absolute atomic E-state index is 13.9. The average molecular weight is 295 g/mol. The maximum atomic E-state index is 13.9. The molecule has 0 saturated carbocycles. The van der Waals surface area contributed by atoms with Gasteiger partial charge in [0.15, 0.2) is 0 Å². The monoisotopic (exact) mass is 294 g/mol. The lowest BCUT2D eigenvalue weighted by Crippen LogP contribution is -2.00. The molecule has 2 aromatic rings. The number of alkyl halides is 1. The van der Waals surface area contributed by atoms with Crippen LogP contribution < -0.4 is 9.47 Å². The molecule has 0 amide bonds. The topological polar surface area (TPSA) is 18.5 Å². The Balaban J connectivity index is 2.12. The Morgan fingerprint density at radius 2 is 1.60 bits per heavy atom. The Morgan fingerprint density at radius 3 is 2.15 bits per heavy atom. The number of benzene rings is 2. The molecule has 0 aliphatic heterocycles. The van der Waals surface area contributed by atoms with Gasteiger partial charge in [-0.1, -0.05) is 18.2 Å². The van der Waals surface area contributed by atoms with Gasteiger partial charge in [-0.25, -0.2) is 4.39 Å². The highest BCUT2D eigenvalue weighted by Crippen LogP contribution is 2.29. The average Bonchev–Trinajstić information content (AvgIpc) is 2.47. The molecule has 0 heterocycles. The third kappa shape index (κ3) is 3.42. The van der Waals surface area contributed by atoms with Gasteiger partial charge < -0.3 is 9.47 Å². The van der Waals surface area contributed by atoms with Crippen molar-refractivity contribution in [2.24, 2.45) is 0 Å². The van der Waals surface area contributed by atoms with Crippen LogP contribution in [0.1, 0.15) is 16.5 Å². The van der Waals surface area contributed by atoms with E-state index in [1.54, 1.807) is 19.2 Å². The standard InChI is InChI=1S/C16H16ClFO2/c1-19-12-5-3-11(4-6-12)9-15(17)14-8-7-13(20-2)10-16(14)18/h3-8,10,15H,9H2,1-2H3. The lowest BCUT2D eigenvalue weighted by molar-refractivity contribution is 0.410. The van der Waals surface area contributed by atoms with Crippen molar-refractivity contribution in [1.82, 2.24) is 0 Å². The summed E-state index contributed by atoms with van der Waals surface area (Å²) >= 11 is 6.30. The largest absolute Gasteiger partial charge is 0.497 e. The van der Waals surface area contributed by atoms with E-state index in [1.165, 1.54) is 13.2 Å². The van der Waals surface area contributed by atoms with E-state index in [9.17, 15) is 4.39 Å². The fraction of sp³-hybridized carbons (Fsp3) is 0.250. The van der Waals surface area contributed by atoms with Crippen molar-refractivity contribution >= 4 is 11.6 Å². The second-order valence-corrected chi connectivity index (χ2v) is 4.93. The lowest BCUT2D eigenvalue weighted by atomic mass is 10.0. The second-order valence-electron chi connectivity index (χ2n) is 4.41. The number of ether oxygens (including phenoxy) is 2. The normalized spacial score (nSPS) is 12.0. The first-order valence-electron chi connectivity index (χ1n) is 6.24. The van der Waals surface area contributed by atoms with Crippen molar-refractivity contribution in [3.05, 3.63) is 59.4 Å². The molecule has 4 heteroatoms. The second kappa shape index (κ2) is 6.62. The minimum atomic E-state index is -0.422. The predicted octanol–water partition coefficient (Wildman–Crippen LogP) is 4.37. The molecule has 0 saturated heterocycles. The van der Waals surface area contributed by atoms with Crippen LogP contribution in [-0.4, -0.2) is 14.2 Å². The fourth-order valence-electron chi connectivity index (χ4n) is 1.97. The summed E-state index contributed by atoms with van der Waals surface area (Å²) < 4.78 is 24.0.